The van der Waals surface area contributed by atoms with Crippen LogP contribution in [0.2, 0.25) is 0 Å². The zero-order chi connectivity index (χ0) is 9.90. The molecule has 0 amide bonds. The highest BCUT2D eigenvalue weighted by Gasteiger charge is 2.32. The molecule has 1 aromatic rings. The van der Waals surface area contributed by atoms with Crippen LogP contribution in [0.1, 0.15) is 11.1 Å². The molecular weight excluding hydrogens is 179 g/mol. The van der Waals surface area contributed by atoms with E-state index in [-0.39, 0.29) is 18.5 Å². The zero-order valence-corrected chi connectivity index (χ0v) is 6.86. The third-order valence-corrected chi connectivity index (χ3v) is 1.72. The molecule has 71 valence electrons. The average Bonchev–Trinajstić information content (AvgIpc) is 2.04. The van der Waals surface area contributed by atoms with E-state index in [2.05, 4.69) is 0 Å². The maximum absolute atomic E-state index is 12.3. The molecule has 13 heavy (non-hydrogen) atoms. The summed E-state index contributed by atoms with van der Waals surface area (Å²) < 4.78 is 36.9. The van der Waals surface area contributed by atoms with Crippen molar-refractivity contribution in [2.24, 2.45) is 0 Å². The molecule has 0 heterocycles. The largest absolute Gasteiger partial charge is 0.416 e. The Bertz CT molecular complexity index is 280. The minimum Gasteiger partial charge on any atom is -0.258 e. The molecule has 0 fully saturated rings. The zero-order valence-electron chi connectivity index (χ0n) is 6.86. The third-order valence-electron chi connectivity index (χ3n) is 1.72. The van der Waals surface area contributed by atoms with E-state index >= 15 is 0 Å². The van der Waals surface area contributed by atoms with Gasteiger partial charge in [0.05, 0.1) is 5.56 Å². The summed E-state index contributed by atoms with van der Waals surface area (Å²) in [7, 11) is 0. The first-order valence-corrected chi connectivity index (χ1v) is 3.85. The van der Waals surface area contributed by atoms with Crippen molar-refractivity contribution in [1.29, 1.82) is 0 Å². The molecule has 1 nitrogen and oxygen atoms in total. The van der Waals surface area contributed by atoms with Crippen LogP contribution in [0.3, 0.4) is 0 Å². The summed E-state index contributed by atoms with van der Waals surface area (Å²) in [5.74, 6) is 0. The van der Waals surface area contributed by atoms with E-state index in [1.54, 1.807) is 6.07 Å². The lowest BCUT2D eigenvalue weighted by Gasteiger charge is -2.11. The van der Waals surface area contributed by atoms with Crippen molar-refractivity contribution in [2.75, 3.05) is 6.54 Å². The molecule has 1 N–H and O–H groups in total. The van der Waals surface area contributed by atoms with Crippen LogP contribution in [0.25, 0.3) is 0 Å². The van der Waals surface area contributed by atoms with Crippen molar-refractivity contribution in [2.45, 2.75) is 12.6 Å². The summed E-state index contributed by atoms with van der Waals surface area (Å²) in [6.45, 7) is -0.0207. The maximum atomic E-state index is 12.3. The van der Waals surface area contributed by atoms with E-state index < -0.39 is 11.7 Å². The Morgan fingerprint density at radius 2 is 1.77 bits per heavy atom. The lowest BCUT2D eigenvalue weighted by Crippen LogP contribution is -2.10. The van der Waals surface area contributed by atoms with E-state index in [1.165, 1.54) is 12.1 Å². The van der Waals surface area contributed by atoms with E-state index in [0.29, 0.717) is 0 Å². The van der Waals surface area contributed by atoms with E-state index in [9.17, 15) is 13.2 Å². The van der Waals surface area contributed by atoms with Gasteiger partial charge in [0.25, 0.3) is 0 Å². The molecular formula is C9H9F3N. The smallest absolute Gasteiger partial charge is 0.258 e. The Balaban J connectivity index is 3.05. The minimum absolute atomic E-state index is 0.0207. The first-order valence-electron chi connectivity index (χ1n) is 3.85. The third kappa shape index (κ3) is 2.45. The fraction of sp³-hybridized carbons (Fsp3) is 0.333. The lowest BCUT2D eigenvalue weighted by molar-refractivity contribution is -0.138. The van der Waals surface area contributed by atoms with Crippen LogP contribution in [0, 0.1) is 0 Å². The number of rotatable bonds is 2. The van der Waals surface area contributed by atoms with Gasteiger partial charge in [0.15, 0.2) is 0 Å². The van der Waals surface area contributed by atoms with Gasteiger partial charge in [-0.25, -0.2) is 0 Å². The molecule has 1 aromatic carbocycles. The number of hydrogen-bond donors (Lipinski definition) is 0. The van der Waals surface area contributed by atoms with Crippen LogP contribution < -0.4 is 5.73 Å². The minimum atomic E-state index is -4.30. The molecule has 0 saturated heterocycles. The topological polar surface area (TPSA) is 23.8 Å². The van der Waals surface area contributed by atoms with Crippen molar-refractivity contribution >= 4 is 0 Å². The summed E-state index contributed by atoms with van der Waals surface area (Å²) in [4.78, 5) is 0. The van der Waals surface area contributed by atoms with Crippen LogP contribution in [0.4, 0.5) is 13.2 Å². The van der Waals surface area contributed by atoms with Gasteiger partial charge >= 0.3 is 6.18 Å². The van der Waals surface area contributed by atoms with Crippen molar-refractivity contribution in [1.82, 2.24) is 5.73 Å². The van der Waals surface area contributed by atoms with Crippen LogP contribution in [0.15, 0.2) is 24.3 Å². The maximum Gasteiger partial charge on any atom is 0.416 e. The average molecular weight is 188 g/mol. The Kier molecular flexibility index (Phi) is 2.93. The highest BCUT2D eigenvalue weighted by atomic mass is 19.4. The van der Waals surface area contributed by atoms with Crippen molar-refractivity contribution in [3.05, 3.63) is 35.4 Å². The standard InChI is InChI=1S/C9H9F3N/c10-9(11,12)8-4-2-1-3-7(8)5-6-13/h1-4,13H,5-6H2. The van der Waals surface area contributed by atoms with E-state index in [0.717, 1.165) is 6.07 Å². The summed E-state index contributed by atoms with van der Waals surface area (Å²) in [5, 5.41) is 0. The summed E-state index contributed by atoms with van der Waals surface area (Å²) >= 11 is 0. The van der Waals surface area contributed by atoms with Crippen molar-refractivity contribution in [3.63, 3.8) is 0 Å². The Labute approximate surface area is 74.4 Å². The summed E-state index contributed by atoms with van der Waals surface area (Å²) in [6.07, 6.45) is -4.15. The number of benzene rings is 1. The van der Waals surface area contributed by atoms with Gasteiger partial charge in [-0.15, -0.1) is 0 Å². The van der Waals surface area contributed by atoms with E-state index in [4.69, 9.17) is 5.73 Å². The second-order valence-corrected chi connectivity index (χ2v) is 2.65. The molecule has 0 unspecified atom stereocenters. The second kappa shape index (κ2) is 3.79. The van der Waals surface area contributed by atoms with Gasteiger partial charge in [-0.1, -0.05) is 18.2 Å². The van der Waals surface area contributed by atoms with Gasteiger partial charge in [-0.3, -0.25) is 5.73 Å². The van der Waals surface area contributed by atoms with Gasteiger partial charge in [0.2, 0.25) is 0 Å². The van der Waals surface area contributed by atoms with Gasteiger partial charge in [-0.05, 0) is 18.1 Å². The molecule has 0 aliphatic heterocycles. The molecule has 0 spiro atoms. The first kappa shape index (κ1) is 10.1. The van der Waals surface area contributed by atoms with Gasteiger partial charge in [0.1, 0.15) is 0 Å². The van der Waals surface area contributed by atoms with Gasteiger partial charge in [0, 0.05) is 6.54 Å². The van der Waals surface area contributed by atoms with Crippen molar-refractivity contribution < 1.29 is 13.2 Å². The number of alkyl halides is 3. The molecule has 0 aliphatic rings. The quantitative estimate of drug-likeness (QED) is 0.681. The van der Waals surface area contributed by atoms with Crippen molar-refractivity contribution in [3.8, 4) is 0 Å². The Hall–Kier alpha value is -1.03. The molecule has 0 saturated carbocycles. The van der Waals surface area contributed by atoms with Gasteiger partial charge < -0.3 is 0 Å². The Morgan fingerprint density at radius 1 is 1.15 bits per heavy atom. The predicted molar refractivity (Wildman–Crippen MR) is 43.1 cm³/mol. The molecule has 1 rings (SSSR count). The molecule has 4 heteroatoms. The number of hydrogen-bond acceptors (Lipinski definition) is 0. The number of halogens is 3. The molecule has 0 bridgehead atoms. The SMILES string of the molecule is [NH]CCc1ccccc1C(F)(F)F. The molecule has 0 aromatic heterocycles. The summed E-state index contributed by atoms with van der Waals surface area (Å²) in [6, 6.07) is 5.37. The fourth-order valence-electron chi connectivity index (χ4n) is 1.15. The lowest BCUT2D eigenvalue weighted by atomic mass is 10.0. The van der Waals surface area contributed by atoms with Crippen LogP contribution >= 0.6 is 0 Å². The van der Waals surface area contributed by atoms with Crippen LogP contribution in [-0.4, -0.2) is 6.54 Å². The van der Waals surface area contributed by atoms with Gasteiger partial charge in [-0.2, -0.15) is 13.2 Å². The molecule has 1 radical (unpaired) electrons. The van der Waals surface area contributed by atoms with Crippen LogP contribution in [0.5, 0.6) is 0 Å². The highest BCUT2D eigenvalue weighted by Crippen LogP contribution is 2.31. The first-order chi connectivity index (χ1) is 6.05. The Morgan fingerprint density at radius 3 is 2.31 bits per heavy atom. The van der Waals surface area contributed by atoms with Crippen LogP contribution in [-0.2, 0) is 12.6 Å². The monoisotopic (exact) mass is 188 g/mol. The second-order valence-electron chi connectivity index (χ2n) is 2.65. The normalized spacial score (nSPS) is 11.7. The molecule has 0 aliphatic carbocycles. The van der Waals surface area contributed by atoms with E-state index in [1.807, 2.05) is 0 Å². The number of nitrogens with one attached hydrogen (secondary N) is 1. The highest BCUT2D eigenvalue weighted by molar-refractivity contribution is 5.29. The molecule has 0 atom stereocenters. The predicted octanol–water partition coefficient (Wildman–Crippen LogP) is 2.53. The fourth-order valence-corrected chi connectivity index (χ4v) is 1.15. The summed E-state index contributed by atoms with van der Waals surface area (Å²) in [5.41, 5.74) is 6.45.